The van der Waals surface area contributed by atoms with E-state index in [4.69, 9.17) is 16.3 Å². The third-order valence-corrected chi connectivity index (χ3v) is 5.54. The quantitative estimate of drug-likeness (QED) is 0.781. The van der Waals surface area contributed by atoms with Gasteiger partial charge in [0.25, 0.3) is 5.91 Å². The zero-order valence-corrected chi connectivity index (χ0v) is 17.9. The second-order valence-corrected chi connectivity index (χ2v) is 7.21. The lowest BCUT2D eigenvalue weighted by Gasteiger charge is -2.32. The van der Waals surface area contributed by atoms with E-state index >= 15 is 0 Å². The molecule has 4 rings (SSSR count). The summed E-state index contributed by atoms with van der Waals surface area (Å²) in [4.78, 5) is 21.3. The van der Waals surface area contributed by atoms with Crippen molar-refractivity contribution in [3.8, 4) is 5.75 Å². The first-order chi connectivity index (χ1) is 12.7. The predicted molar refractivity (Wildman–Crippen MR) is 116 cm³/mol. The van der Waals surface area contributed by atoms with E-state index in [-0.39, 0.29) is 37.3 Å². The van der Waals surface area contributed by atoms with Crippen LogP contribution in [0, 0.1) is 0 Å². The maximum Gasteiger partial charge on any atom is 0.260 e. The maximum absolute atomic E-state index is 12.6. The fourth-order valence-electron chi connectivity index (χ4n) is 3.77. The van der Waals surface area contributed by atoms with E-state index in [9.17, 15) is 4.79 Å². The molecule has 1 aromatic heterocycles. The van der Waals surface area contributed by atoms with Crippen LogP contribution in [-0.2, 0) is 4.79 Å². The summed E-state index contributed by atoms with van der Waals surface area (Å²) in [5.74, 6) is 0.623. The van der Waals surface area contributed by atoms with Gasteiger partial charge in [0.05, 0.1) is 5.02 Å². The van der Waals surface area contributed by atoms with Gasteiger partial charge in [-0.25, -0.2) is 0 Å². The highest BCUT2D eigenvalue weighted by molar-refractivity contribution is 6.35. The van der Waals surface area contributed by atoms with Crippen molar-refractivity contribution in [3.63, 3.8) is 0 Å². The Hall–Kier alpha value is -1.31. The Labute approximate surface area is 182 Å². The number of carbonyl (C=O) groups excluding carboxylic acids is 1. The Morgan fingerprint density at radius 3 is 2.79 bits per heavy atom. The largest absolute Gasteiger partial charge is 0.481 e. The van der Waals surface area contributed by atoms with Crippen molar-refractivity contribution < 1.29 is 9.53 Å². The number of carbonyl (C=O) groups is 1. The van der Waals surface area contributed by atoms with Crippen molar-refractivity contribution in [2.75, 3.05) is 45.9 Å². The molecule has 0 spiro atoms. The number of nitrogens with one attached hydrogen (secondary N) is 1. The van der Waals surface area contributed by atoms with Gasteiger partial charge in [0.15, 0.2) is 6.61 Å². The molecule has 2 fully saturated rings. The number of benzene rings is 1. The number of rotatable bonds is 4. The highest BCUT2D eigenvalue weighted by atomic mass is 35.5. The molecule has 28 heavy (non-hydrogen) atoms. The van der Waals surface area contributed by atoms with Gasteiger partial charge in [-0.1, -0.05) is 11.6 Å². The van der Waals surface area contributed by atoms with Gasteiger partial charge in [0.2, 0.25) is 0 Å². The molecule has 0 radical (unpaired) electrons. The molecule has 154 valence electrons. The van der Waals surface area contributed by atoms with Crippen LogP contribution in [0.4, 0.5) is 0 Å². The van der Waals surface area contributed by atoms with Crippen LogP contribution >= 0.6 is 36.4 Å². The van der Waals surface area contributed by atoms with Crippen LogP contribution in [0.1, 0.15) is 6.42 Å². The van der Waals surface area contributed by atoms with Gasteiger partial charge in [-0.2, -0.15) is 0 Å². The first-order valence-electron chi connectivity index (χ1n) is 9.11. The van der Waals surface area contributed by atoms with E-state index in [1.54, 1.807) is 18.3 Å². The Morgan fingerprint density at radius 2 is 2.00 bits per heavy atom. The Morgan fingerprint density at radius 1 is 1.21 bits per heavy atom. The Bertz CT molecular complexity index is 802. The molecular weight excluding hydrogens is 423 g/mol. The van der Waals surface area contributed by atoms with Gasteiger partial charge >= 0.3 is 0 Å². The number of hydrogen-bond donors (Lipinski definition) is 1. The number of halogens is 3. The zero-order chi connectivity index (χ0) is 17.9. The van der Waals surface area contributed by atoms with E-state index < -0.39 is 0 Å². The first-order valence-corrected chi connectivity index (χ1v) is 9.49. The zero-order valence-electron chi connectivity index (χ0n) is 15.5. The van der Waals surface area contributed by atoms with Gasteiger partial charge in [-0.05, 0) is 30.7 Å². The number of aromatic nitrogens is 1. The first kappa shape index (κ1) is 23.0. The van der Waals surface area contributed by atoms with Crippen molar-refractivity contribution in [3.05, 3.63) is 35.5 Å². The summed E-state index contributed by atoms with van der Waals surface area (Å²) in [7, 11) is 0. The molecule has 1 atom stereocenters. The van der Waals surface area contributed by atoms with Gasteiger partial charge < -0.3 is 15.0 Å². The summed E-state index contributed by atoms with van der Waals surface area (Å²) in [6.45, 7) is 5.81. The summed E-state index contributed by atoms with van der Waals surface area (Å²) in [6.07, 6.45) is 2.74. The number of likely N-dealkylation sites (tertiary alicyclic amines) is 1. The van der Waals surface area contributed by atoms with Crippen LogP contribution in [-0.4, -0.2) is 72.6 Å². The van der Waals surface area contributed by atoms with Crippen molar-refractivity contribution in [2.45, 2.75) is 12.5 Å². The fraction of sp³-hybridized carbons (Fsp3) is 0.474. The predicted octanol–water partition coefficient (Wildman–Crippen LogP) is 2.62. The van der Waals surface area contributed by atoms with Gasteiger partial charge in [-0.3, -0.25) is 14.7 Å². The minimum Gasteiger partial charge on any atom is -0.481 e. The highest BCUT2D eigenvalue weighted by Gasteiger charge is 2.31. The molecule has 1 amide bonds. The number of fused-ring (bicyclic) bond motifs is 1. The van der Waals surface area contributed by atoms with Crippen molar-refractivity contribution in [1.29, 1.82) is 0 Å². The summed E-state index contributed by atoms with van der Waals surface area (Å²) in [5, 5.41) is 4.83. The lowest BCUT2D eigenvalue weighted by atomic mass is 10.2. The third kappa shape index (κ3) is 4.99. The van der Waals surface area contributed by atoms with Crippen molar-refractivity contribution in [1.82, 2.24) is 20.1 Å². The van der Waals surface area contributed by atoms with Crippen LogP contribution in [0.2, 0.25) is 5.02 Å². The summed E-state index contributed by atoms with van der Waals surface area (Å²) in [5.41, 5.74) is 0.688. The number of pyridine rings is 1. The Kier molecular flexibility index (Phi) is 8.58. The Balaban J connectivity index is 0.00000140. The molecule has 9 heteroatoms. The molecule has 1 unspecified atom stereocenters. The van der Waals surface area contributed by atoms with Gasteiger partial charge in [0, 0.05) is 56.9 Å². The second kappa shape index (κ2) is 10.5. The average Bonchev–Trinajstić information content (AvgIpc) is 3.19. The third-order valence-electron chi connectivity index (χ3n) is 5.21. The SMILES string of the molecule is Cl.Cl.O=C(COc1ccc(Cl)c2cccnc12)N1CCC(N2CCNCC2)C1. The second-order valence-electron chi connectivity index (χ2n) is 6.80. The molecule has 3 heterocycles. The van der Waals surface area contributed by atoms with Crippen LogP contribution in [0.5, 0.6) is 5.75 Å². The number of hydrogen-bond acceptors (Lipinski definition) is 5. The molecule has 0 saturated carbocycles. The molecule has 0 bridgehead atoms. The number of ether oxygens (including phenoxy) is 1. The van der Waals surface area contributed by atoms with E-state index in [2.05, 4.69) is 15.2 Å². The lowest BCUT2D eigenvalue weighted by molar-refractivity contribution is -0.132. The number of piperazine rings is 1. The molecule has 0 aliphatic carbocycles. The van der Waals surface area contributed by atoms with Crippen LogP contribution in [0.3, 0.4) is 0 Å². The highest BCUT2D eigenvalue weighted by Crippen LogP contribution is 2.29. The fourth-order valence-corrected chi connectivity index (χ4v) is 3.99. The van der Waals surface area contributed by atoms with Crippen LogP contribution < -0.4 is 10.1 Å². The molecule has 2 aliphatic heterocycles. The smallest absolute Gasteiger partial charge is 0.260 e. The van der Waals surface area contributed by atoms with E-state index in [1.807, 2.05) is 17.0 Å². The molecule has 6 nitrogen and oxygen atoms in total. The van der Waals surface area contributed by atoms with Crippen LogP contribution in [0.15, 0.2) is 30.5 Å². The van der Waals surface area contributed by atoms with Crippen LogP contribution in [0.25, 0.3) is 10.9 Å². The van der Waals surface area contributed by atoms with E-state index in [0.29, 0.717) is 22.3 Å². The molecular formula is C19H25Cl3N4O2. The van der Waals surface area contributed by atoms with Gasteiger partial charge in [0.1, 0.15) is 11.3 Å². The number of amides is 1. The monoisotopic (exact) mass is 446 g/mol. The molecule has 2 aliphatic rings. The minimum absolute atomic E-state index is 0. The molecule has 1 N–H and O–H groups in total. The van der Waals surface area contributed by atoms with E-state index in [1.165, 1.54) is 0 Å². The number of nitrogens with zero attached hydrogens (tertiary/aromatic N) is 3. The van der Waals surface area contributed by atoms with Gasteiger partial charge in [-0.15, -0.1) is 24.8 Å². The lowest BCUT2D eigenvalue weighted by Crippen LogP contribution is -2.49. The molecule has 2 aromatic rings. The summed E-state index contributed by atoms with van der Waals surface area (Å²) >= 11 is 6.21. The summed E-state index contributed by atoms with van der Waals surface area (Å²) < 4.78 is 5.79. The minimum atomic E-state index is 0. The topological polar surface area (TPSA) is 57.7 Å². The van der Waals surface area contributed by atoms with Crippen molar-refractivity contribution >= 4 is 53.2 Å². The van der Waals surface area contributed by atoms with Crippen molar-refractivity contribution in [2.24, 2.45) is 0 Å². The normalized spacial score (nSPS) is 19.8. The average molecular weight is 448 g/mol. The molecule has 1 aromatic carbocycles. The molecule has 2 saturated heterocycles. The summed E-state index contributed by atoms with van der Waals surface area (Å²) in [6, 6.07) is 7.76. The standard InChI is InChI=1S/C19H23ClN4O2.2ClH/c20-16-3-4-17(19-15(16)2-1-6-22-19)26-13-18(25)24-9-5-14(12-24)23-10-7-21-8-11-23;;/h1-4,6,14,21H,5,7-13H2;2*1H. The maximum atomic E-state index is 12.6. The van der Waals surface area contributed by atoms with E-state index in [0.717, 1.165) is 51.1 Å².